The van der Waals surface area contributed by atoms with Gasteiger partial charge in [-0.25, -0.2) is 4.68 Å². The van der Waals surface area contributed by atoms with Gasteiger partial charge in [0.05, 0.1) is 23.1 Å². The minimum absolute atomic E-state index is 0.0491. The lowest BCUT2D eigenvalue weighted by molar-refractivity contribution is -0.136. The third-order valence-corrected chi connectivity index (χ3v) is 8.25. The zero-order chi connectivity index (χ0) is 32.2. The Balaban J connectivity index is 0.00000226. The molecule has 2 N–H and O–H groups in total. The second kappa shape index (κ2) is 17.1. The number of carboxylic acid groups (broad SMARTS) is 1. The Hall–Kier alpha value is -3.74. The van der Waals surface area contributed by atoms with Gasteiger partial charge in [-0.3, -0.25) is 4.79 Å². The molecule has 1 aromatic heterocycles. The van der Waals surface area contributed by atoms with Crippen molar-refractivity contribution in [2.24, 2.45) is 0 Å². The molecular formula is C37H43Cl2N3O3. The van der Waals surface area contributed by atoms with Crippen molar-refractivity contribution in [3.05, 3.63) is 101 Å². The monoisotopic (exact) mass is 647 g/mol. The summed E-state index contributed by atoms with van der Waals surface area (Å²) in [5.74, 6) is 0.910. The molecule has 6 nitrogen and oxygen atoms in total. The van der Waals surface area contributed by atoms with E-state index in [4.69, 9.17) is 38.1 Å². The van der Waals surface area contributed by atoms with Gasteiger partial charge in [-0.1, -0.05) is 88.1 Å². The summed E-state index contributed by atoms with van der Waals surface area (Å²) >= 11 is 12.7. The molecule has 0 radical (unpaired) electrons. The van der Waals surface area contributed by atoms with Crippen LogP contribution in [0, 0.1) is 0 Å². The highest BCUT2D eigenvalue weighted by Crippen LogP contribution is 2.37. The van der Waals surface area contributed by atoms with Crippen LogP contribution < -0.4 is 10.1 Å². The van der Waals surface area contributed by atoms with Crippen LogP contribution >= 0.6 is 23.2 Å². The fourth-order valence-electron chi connectivity index (χ4n) is 5.53. The number of aromatic nitrogens is 2. The van der Waals surface area contributed by atoms with Crippen molar-refractivity contribution in [2.45, 2.75) is 77.0 Å². The number of nitrogens with zero attached hydrogens (tertiary/aromatic N) is 2. The Morgan fingerprint density at radius 2 is 1.80 bits per heavy atom. The molecule has 1 saturated carbocycles. The number of halogens is 2. The maximum absolute atomic E-state index is 11.0. The topological polar surface area (TPSA) is 76.4 Å². The molecule has 1 atom stereocenters. The minimum Gasteiger partial charge on any atom is -0.481 e. The number of ether oxygens (including phenoxy) is 1. The summed E-state index contributed by atoms with van der Waals surface area (Å²) in [7, 11) is 0. The Morgan fingerprint density at radius 1 is 1.09 bits per heavy atom. The van der Waals surface area contributed by atoms with E-state index in [9.17, 15) is 4.79 Å². The lowest BCUT2D eigenvalue weighted by Crippen LogP contribution is -2.16. The van der Waals surface area contributed by atoms with Gasteiger partial charge in [-0.05, 0) is 84.4 Å². The molecule has 45 heavy (non-hydrogen) atoms. The molecule has 1 fully saturated rings. The molecular weight excluding hydrogens is 605 g/mol. The molecule has 238 valence electrons. The highest BCUT2D eigenvalue weighted by atomic mass is 35.5. The smallest absolute Gasteiger partial charge is 0.305 e. The van der Waals surface area contributed by atoms with Gasteiger partial charge in [0.25, 0.3) is 0 Å². The average molecular weight is 649 g/mol. The Labute approximate surface area is 277 Å². The van der Waals surface area contributed by atoms with E-state index in [2.05, 4.69) is 29.6 Å². The van der Waals surface area contributed by atoms with Crippen molar-refractivity contribution in [3.8, 4) is 22.8 Å². The van der Waals surface area contributed by atoms with Crippen LogP contribution in [0.25, 0.3) is 22.5 Å². The van der Waals surface area contributed by atoms with E-state index in [1.54, 1.807) is 10.8 Å². The van der Waals surface area contributed by atoms with Crippen molar-refractivity contribution in [2.75, 3.05) is 6.54 Å². The maximum atomic E-state index is 11.0. The fourth-order valence-corrected chi connectivity index (χ4v) is 6.05. The SMILES string of the molecule is CC.CC/C=C(/NCCC(=O)O)c1ccc(Oc2nn(C3=CC(Cl)=CC(Cl)C=C3)cc2-c2ccc(C3CCCCC3)cc2)cc1. The second-order valence-electron chi connectivity index (χ2n) is 10.9. The lowest BCUT2D eigenvalue weighted by atomic mass is 9.84. The second-order valence-corrected chi connectivity index (χ2v) is 11.8. The summed E-state index contributed by atoms with van der Waals surface area (Å²) < 4.78 is 8.16. The Morgan fingerprint density at radius 3 is 2.47 bits per heavy atom. The summed E-state index contributed by atoms with van der Waals surface area (Å²) in [5, 5.41) is 17.3. The first-order valence-corrected chi connectivity index (χ1v) is 16.8. The largest absolute Gasteiger partial charge is 0.481 e. The quantitative estimate of drug-likeness (QED) is 0.202. The van der Waals surface area contributed by atoms with Crippen LogP contribution in [-0.2, 0) is 4.79 Å². The number of hydrogen-bond acceptors (Lipinski definition) is 4. The first-order chi connectivity index (χ1) is 21.9. The maximum Gasteiger partial charge on any atom is 0.305 e. The molecule has 2 aliphatic rings. The molecule has 5 rings (SSSR count). The van der Waals surface area contributed by atoms with Gasteiger partial charge in [0.15, 0.2) is 0 Å². The van der Waals surface area contributed by atoms with Crippen LogP contribution in [0.2, 0.25) is 0 Å². The molecule has 0 amide bonds. The van der Waals surface area contributed by atoms with Gasteiger partial charge in [-0.15, -0.1) is 16.7 Å². The minimum atomic E-state index is -0.832. The van der Waals surface area contributed by atoms with Crippen molar-refractivity contribution in [1.29, 1.82) is 0 Å². The van der Waals surface area contributed by atoms with Crippen LogP contribution in [0.3, 0.4) is 0 Å². The highest BCUT2D eigenvalue weighted by Gasteiger charge is 2.19. The summed E-state index contributed by atoms with van der Waals surface area (Å²) in [6.07, 6.45) is 18.7. The number of alkyl halides is 1. The van der Waals surface area contributed by atoms with E-state index in [0.717, 1.165) is 34.5 Å². The van der Waals surface area contributed by atoms with Crippen LogP contribution in [0.1, 0.15) is 82.8 Å². The molecule has 0 spiro atoms. The van der Waals surface area contributed by atoms with E-state index < -0.39 is 5.97 Å². The number of carboxylic acids is 1. The zero-order valence-electron chi connectivity index (χ0n) is 26.3. The normalized spacial score (nSPS) is 17.0. The molecule has 0 saturated heterocycles. The predicted molar refractivity (Wildman–Crippen MR) is 187 cm³/mol. The van der Waals surface area contributed by atoms with Gasteiger partial charge < -0.3 is 15.2 Å². The first kappa shape index (κ1) is 34.1. The standard InChI is InChI=1S/C35H37Cl2N3O3.C2H6/c1-2-6-33(38-20-19-34(41)42)27-13-17-31(18-14-27)43-35-32(23-40(39-35)30-16-15-28(36)21-29(37)22-30)26-11-9-25(10-12-26)24-7-4-3-5-8-24;1-2/h6,9-18,21-24,28,38H,2-5,7-8,19-20H2,1H3,(H,41,42);1-2H3/b33-6+;. The number of carbonyl (C=O) groups is 1. The van der Waals surface area contributed by atoms with Crippen molar-refractivity contribution < 1.29 is 14.6 Å². The number of nitrogens with one attached hydrogen (secondary N) is 1. The molecule has 8 heteroatoms. The number of benzene rings is 2. The number of allylic oxidation sites excluding steroid dienone is 7. The third kappa shape index (κ3) is 9.62. The lowest BCUT2D eigenvalue weighted by Gasteiger charge is -2.22. The molecule has 2 aliphatic carbocycles. The van der Waals surface area contributed by atoms with E-state index in [-0.39, 0.29) is 11.8 Å². The highest BCUT2D eigenvalue weighted by molar-refractivity contribution is 6.33. The summed E-state index contributed by atoms with van der Waals surface area (Å²) in [4.78, 5) is 11.0. The van der Waals surface area contributed by atoms with Crippen molar-refractivity contribution >= 4 is 40.6 Å². The van der Waals surface area contributed by atoms with E-state index in [1.165, 1.54) is 37.7 Å². The molecule has 0 aliphatic heterocycles. The van der Waals surface area contributed by atoms with E-state index in [0.29, 0.717) is 29.1 Å². The first-order valence-electron chi connectivity index (χ1n) is 16.0. The summed E-state index contributed by atoms with van der Waals surface area (Å²) in [6, 6.07) is 16.5. The average Bonchev–Trinajstić information content (AvgIpc) is 3.39. The van der Waals surface area contributed by atoms with Gasteiger partial charge in [0, 0.05) is 23.5 Å². The van der Waals surface area contributed by atoms with Gasteiger partial charge in [0.1, 0.15) is 5.75 Å². The molecule has 1 unspecified atom stereocenters. The zero-order valence-corrected chi connectivity index (χ0v) is 27.8. The fraction of sp³-hybridized carbons (Fsp3) is 0.351. The molecule has 0 bridgehead atoms. The van der Waals surface area contributed by atoms with Gasteiger partial charge in [-0.2, -0.15) is 0 Å². The van der Waals surface area contributed by atoms with E-state index >= 15 is 0 Å². The molecule has 1 heterocycles. The van der Waals surface area contributed by atoms with Gasteiger partial charge >= 0.3 is 5.97 Å². The van der Waals surface area contributed by atoms with Crippen LogP contribution in [0.4, 0.5) is 0 Å². The molecule has 3 aromatic rings. The van der Waals surface area contributed by atoms with E-state index in [1.807, 2.05) is 75.5 Å². The summed E-state index contributed by atoms with van der Waals surface area (Å²) in [5.41, 5.74) is 5.89. The van der Waals surface area contributed by atoms with Gasteiger partial charge in [0.2, 0.25) is 5.88 Å². The van der Waals surface area contributed by atoms with Crippen molar-refractivity contribution in [3.63, 3.8) is 0 Å². The van der Waals surface area contributed by atoms with Crippen LogP contribution in [0.5, 0.6) is 11.6 Å². The number of aliphatic carboxylic acids is 1. The Bertz CT molecular complexity index is 1530. The number of rotatable bonds is 11. The van der Waals surface area contributed by atoms with Crippen LogP contribution in [-0.4, -0.2) is 32.8 Å². The summed E-state index contributed by atoms with van der Waals surface area (Å²) in [6.45, 7) is 6.40. The Kier molecular flexibility index (Phi) is 13.0. The number of hydrogen-bond donors (Lipinski definition) is 2. The van der Waals surface area contributed by atoms with Crippen molar-refractivity contribution in [1.82, 2.24) is 15.1 Å². The van der Waals surface area contributed by atoms with Crippen LogP contribution in [0.15, 0.2) is 90.1 Å². The predicted octanol–water partition coefficient (Wildman–Crippen LogP) is 10.4. The molecule has 2 aromatic carbocycles. The third-order valence-electron chi connectivity index (χ3n) is 7.74.